The third-order valence-corrected chi connectivity index (χ3v) is 4.34. The van der Waals surface area contributed by atoms with E-state index in [1.807, 2.05) is 31.2 Å². The number of ether oxygens (including phenoxy) is 1. The SMILES string of the molecule is Cc1ccc(S[C@H](C)C(=O)NNC(=O)COc2ccccc2F)cc1. The molecule has 0 aliphatic rings. The molecule has 132 valence electrons. The standard InChI is InChI=1S/C18H19FN2O3S/c1-12-7-9-14(10-8-12)25-13(2)18(23)21-20-17(22)11-24-16-6-4-3-5-15(16)19/h3-10,13H,11H2,1-2H3,(H,20,22)(H,21,23)/t13-/m1/s1. The molecule has 2 amide bonds. The third-order valence-electron chi connectivity index (χ3n) is 3.22. The molecule has 0 heterocycles. The van der Waals surface area contributed by atoms with Crippen LogP contribution in [0.2, 0.25) is 0 Å². The van der Waals surface area contributed by atoms with E-state index in [0.717, 1.165) is 10.5 Å². The first-order valence-electron chi connectivity index (χ1n) is 7.65. The number of amides is 2. The molecule has 0 bridgehead atoms. The Kier molecular flexibility index (Phi) is 6.82. The van der Waals surface area contributed by atoms with Gasteiger partial charge in [-0.3, -0.25) is 20.4 Å². The number of halogens is 1. The number of thioether (sulfide) groups is 1. The van der Waals surface area contributed by atoms with E-state index in [4.69, 9.17) is 4.74 Å². The van der Waals surface area contributed by atoms with Crippen molar-refractivity contribution in [3.63, 3.8) is 0 Å². The molecule has 1 atom stereocenters. The Labute approximate surface area is 149 Å². The number of aryl methyl sites for hydroxylation is 1. The molecule has 5 nitrogen and oxygen atoms in total. The lowest BCUT2D eigenvalue weighted by molar-refractivity contribution is -0.129. The van der Waals surface area contributed by atoms with Gasteiger partial charge >= 0.3 is 0 Å². The van der Waals surface area contributed by atoms with Crippen LogP contribution in [0.3, 0.4) is 0 Å². The lowest BCUT2D eigenvalue weighted by Crippen LogP contribution is -2.46. The number of carbonyl (C=O) groups excluding carboxylic acids is 2. The summed E-state index contributed by atoms with van der Waals surface area (Å²) >= 11 is 1.38. The van der Waals surface area contributed by atoms with Crippen LogP contribution in [-0.4, -0.2) is 23.7 Å². The average molecular weight is 362 g/mol. The smallest absolute Gasteiger partial charge is 0.276 e. The summed E-state index contributed by atoms with van der Waals surface area (Å²) in [5, 5.41) is -0.393. The van der Waals surface area contributed by atoms with Crippen molar-refractivity contribution in [3.8, 4) is 5.75 Å². The number of hydrogen-bond acceptors (Lipinski definition) is 4. The van der Waals surface area contributed by atoms with Crippen LogP contribution in [0.4, 0.5) is 4.39 Å². The molecule has 0 aromatic heterocycles. The molecule has 0 aliphatic carbocycles. The van der Waals surface area contributed by atoms with Gasteiger partial charge in [-0.25, -0.2) is 4.39 Å². The van der Waals surface area contributed by atoms with Crippen molar-refractivity contribution in [1.82, 2.24) is 10.9 Å². The maximum atomic E-state index is 13.4. The highest BCUT2D eigenvalue weighted by Gasteiger charge is 2.15. The van der Waals surface area contributed by atoms with E-state index in [-0.39, 0.29) is 11.7 Å². The Morgan fingerprint density at radius 3 is 2.48 bits per heavy atom. The zero-order chi connectivity index (χ0) is 18.2. The first kappa shape index (κ1) is 18.8. The molecule has 7 heteroatoms. The molecule has 25 heavy (non-hydrogen) atoms. The Morgan fingerprint density at radius 2 is 1.80 bits per heavy atom. The minimum absolute atomic E-state index is 0.0210. The van der Waals surface area contributed by atoms with Crippen LogP contribution >= 0.6 is 11.8 Å². The number of rotatable bonds is 6. The second kappa shape index (κ2) is 9.08. The van der Waals surface area contributed by atoms with E-state index in [1.54, 1.807) is 13.0 Å². The molecular formula is C18H19FN2O3S. The Balaban J connectivity index is 1.74. The quantitative estimate of drug-likeness (QED) is 0.613. The Morgan fingerprint density at radius 1 is 1.12 bits per heavy atom. The van der Waals surface area contributed by atoms with E-state index < -0.39 is 23.6 Å². The molecule has 0 radical (unpaired) electrons. The zero-order valence-corrected chi connectivity index (χ0v) is 14.7. The summed E-state index contributed by atoms with van der Waals surface area (Å²) in [6, 6.07) is 13.6. The minimum atomic E-state index is -0.580. The van der Waals surface area contributed by atoms with Gasteiger partial charge in [0.05, 0.1) is 5.25 Å². The molecule has 0 spiro atoms. The van der Waals surface area contributed by atoms with Gasteiger partial charge in [0.15, 0.2) is 18.2 Å². The average Bonchev–Trinajstić information content (AvgIpc) is 2.60. The Hall–Kier alpha value is -2.54. The van der Waals surface area contributed by atoms with Crippen LogP contribution in [0.1, 0.15) is 12.5 Å². The molecule has 0 fully saturated rings. The van der Waals surface area contributed by atoms with Crippen LogP contribution in [-0.2, 0) is 9.59 Å². The maximum absolute atomic E-state index is 13.4. The molecule has 0 saturated carbocycles. The molecule has 2 aromatic rings. The molecule has 0 aliphatic heterocycles. The highest BCUT2D eigenvalue weighted by molar-refractivity contribution is 8.00. The van der Waals surface area contributed by atoms with Crippen molar-refractivity contribution in [2.45, 2.75) is 24.0 Å². The molecular weight excluding hydrogens is 343 g/mol. The predicted molar refractivity (Wildman–Crippen MR) is 94.7 cm³/mol. The number of hydrogen-bond donors (Lipinski definition) is 2. The number of nitrogens with one attached hydrogen (secondary N) is 2. The van der Waals surface area contributed by atoms with E-state index in [9.17, 15) is 14.0 Å². The fourth-order valence-electron chi connectivity index (χ4n) is 1.85. The molecule has 0 saturated heterocycles. The molecule has 2 rings (SSSR count). The lowest BCUT2D eigenvalue weighted by Gasteiger charge is -2.13. The highest BCUT2D eigenvalue weighted by Crippen LogP contribution is 2.23. The topological polar surface area (TPSA) is 67.4 Å². The summed E-state index contributed by atoms with van der Waals surface area (Å²) in [6.45, 7) is 3.33. The fourth-order valence-corrected chi connectivity index (χ4v) is 2.72. The second-order valence-corrected chi connectivity index (χ2v) is 6.74. The summed E-state index contributed by atoms with van der Waals surface area (Å²) in [6.07, 6.45) is 0. The lowest BCUT2D eigenvalue weighted by atomic mass is 10.2. The van der Waals surface area contributed by atoms with Crippen LogP contribution in [0, 0.1) is 12.7 Å². The van der Waals surface area contributed by atoms with Gasteiger partial charge < -0.3 is 4.74 Å². The monoisotopic (exact) mass is 362 g/mol. The van der Waals surface area contributed by atoms with E-state index in [0.29, 0.717) is 0 Å². The van der Waals surface area contributed by atoms with Crippen LogP contribution in [0.15, 0.2) is 53.4 Å². The summed E-state index contributed by atoms with van der Waals surface area (Å²) < 4.78 is 18.4. The number of benzene rings is 2. The molecule has 2 N–H and O–H groups in total. The normalized spacial score (nSPS) is 11.5. The van der Waals surface area contributed by atoms with E-state index in [2.05, 4.69) is 10.9 Å². The van der Waals surface area contributed by atoms with Gasteiger partial charge in [-0.2, -0.15) is 0 Å². The third kappa shape index (κ3) is 6.11. The van der Waals surface area contributed by atoms with Gasteiger partial charge in [-0.15, -0.1) is 11.8 Å². The van der Waals surface area contributed by atoms with Crippen LogP contribution < -0.4 is 15.6 Å². The largest absolute Gasteiger partial charge is 0.481 e. The zero-order valence-electron chi connectivity index (χ0n) is 13.9. The van der Waals surface area contributed by atoms with Crippen molar-refractivity contribution in [1.29, 1.82) is 0 Å². The maximum Gasteiger partial charge on any atom is 0.276 e. The van der Waals surface area contributed by atoms with Crippen molar-refractivity contribution in [2.75, 3.05) is 6.61 Å². The van der Waals surface area contributed by atoms with Crippen LogP contribution in [0.25, 0.3) is 0 Å². The number of carbonyl (C=O) groups is 2. The molecule has 2 aromatic carbocycles. The number of hydrazine groups is 1. The minimum Gasteiger partial charge on any atom is -0.481 e. The van der Waals surface area contributed by atoms with Crippen molar-refractivity contribution in [2.24, 2.45) is 0 Å². The van der Waals surface area contributed by atoms with Crippen molar-refractivity contribution in [3.05, 3.63) is 59.9 Å². The summed E-state index contributed by atoms with van der Waals surface area (Å²) in [5.41, 5.74) is 5.72. The summed E-state index contributed by atoms with van der Waals surface area (Å²) in [4.78, 5) is 24.6. The van der Waals surface area contributed by atoms with Crippen LogP contribution in [0.5, 0.6) is 5.75 Å². The van der Waals surface area contributed by atoms with Gasteiger partial charge in [0.1, 0.15) is 0 Å². The highest BCUT2D eigenvalue weighted by atomic mass is 32.2. The summed E-state index contributed by atoms with van der Waals surface area (Å²) in [5.74, 6) is -1.50. The summed E-state index contributed by atoms with van der Waals surface area (Å²) in [7, 11) is 0. The first-order chi connectivity index (χ1) is 12.0. The second-order valence-electron chi connectivity index (χ2n) is 5.33. The predicted octanol–water partition coefficient (Wildman–Crippen LogP) is 2.84. The van der Waals surface area contributed by atoms with Gasteiger partial charge in [-0.1, -0.05) is 29.8 Å². The molecule has 0 unspecified atom stereocenters. The van der Waals surface area contributed by atoms with Gasteiger partial charge in [0, 0.05) is 4.90 Å². The number of para-hydroxylation sites is 1. The van der Waals surface area contributed by atoms with Crippen molar-refractivity contribution >= 4 is 23.6 Å². The van der Waals surface area contributed by atoms with E-state index >= 15 is 0 Å². The van der Waals surface area contributed by atoms with Gasteiger partial charge in [0.25, 0.3) is 11.8 Å². The van der Waals surface area contributed by atoms with Gasteiger partial charge in [0.2, 0.25) is 0 Å². The van der Waals surface area contributed by atoms with Crippen molar-refractivity contribution < 1.29 is 18.7 Å². The fraction of sp³-hybridized carbons (Fsp3) is 0.222. The first-order valence-corrected chi connectivity index (χ1v) is 8.53. The van der Waals surface area contributed by atoms with Gasteiger partial charge in [-0.05, 0) is 38.1 Å². The van der Waals surface area contributed by atoms with E-state index in [1.165, 1.54) is 30.0 Å². The Bertz CT molecular complexity index is 737.